The molecule has 96 valence electrons. The molecule has 0 fully saturated rings. The third-order valence-electron chi connectivity index (χ3n) is 2.96. The van der Waals surface area contributed by atoms with E-state index in [9.17, 15) is 5.26 Å². The highest BCUT2D eigenvalue weighted by Gasteiger charge is 2.18. The van der Waals surface area contributed by atoms with Gasteiger partial charge < -0.3 is 4.74 Å². The Hall–Kier alpha value is -2.41. The van der Waals surface area contributed by atoms with Crippen LogP contribution in [0.5, 0.6) is 5.75 Å². The lowest BCUT2D eigenvalue weighted by Crippen LogP contribution is -2.06. The third-order valence-corrected chi connectivity index (χ3v) is 2.96. The van der Waals surface area contributed by atoms with Crippen molar-refractivity contribution in [2.24, 2.45) is 0 Å². The average molecular weight is 253 g/mol. The zero-order chi connectivity index (χ0) is 13.8. The number of ether oxygens (including phenoxy) is 1. The van der Waals surface area contributed by atoms with Gasteiger partial charge in [-0.2, -0.15) is 5.26 Å². The molecule has 0 aliphatic heterocycles. The van der Waals surface area contributed by atoms with Crippen LogP contribution in [0, 0.1) is 25.2 Å². The second-order valence-electron chi connectivity index (χ2n) is 4.32. The van der Waals surface area contributed by atoms with Crippen LogP contribution in [0.1, 0.15) is 28.6 Å². The van der Waals surface area contributed by atoms with E-state index in [2.05, 4.69) is 16.0 Å². The average Bonchev–Trinajstić information content (AvgIpc) is 2.44. The number of aryl methyl sites for hydroxylation is 2. The summed E-state index contributed by atoms with van der Waals surface area (Å²) in [7, 11) is 1.62. The van der Waals surface area contributed by atoms with E-state index < -0.39 is 5.92 Å². The Morgan fingerprint density at radius 1 is 1.21 bits per heavy atom. The molecule has 0 N–H and O–H groups in total. The quantitative estimate of drug-likeness (QED) is 0.844. The highest BCUT2D eigenvalue weighted by molar-refractivity contribution is 5.39. The van der Waals surface area contributed by atoms with Crippen LogP contribution in [0.15, 0.2) is 30.5 Å². The number of hydrogen-bond acceptors (Lipinski definition) is 4. The van der Waals surface area contributed by atoms with Gasteiger partial charge in [0.2, 0.25) is 0 Å². The van der Waals surface area contributed by atoms with Crippen molar-refractivity contribution in [3.05, 3.63) is 53.1 Å². The first-order valence-electron chi connectivity index (χ1n) is 5.99. The monoisotopic (exact) mass is 253 g/mol. The largest absolute Gasteiger partial charge is 0.497 e. The number of methoxy groups -OCH3 is 1. The Morgan fingerprint density at radius 3 is 2.47 bits per heavy atom. The first-order valence-corrected chi connectivity index (χ1v) is 5.99. The summed E-state index contributed by atoms with van der Waals surface area (Å²) in [6.07, 6.45) is 1.71. The molecule has 1 aromatic carbocycles. The van der Waals surface area contributed by atoms with Crippen LogP contribution in [0.4, 0.5) is 0 Å². The summed E-state index contributed by atoms with van der Waals surface area (Å²) in [5.74, 6) is 0.366. The molecule has 1 unspecified atom stereocenters. The van der Waals surface area contributed by atoms with Crippen molar-refractivity contribution in [3.8, 4) is 11.8 Å². The van der Waals surface area contributed by atoms with Crippen LogP contribution in [0.25, 0.3) is 0 Å². The summed E-state index contributed by atoms with van der Waals surface area (Å²) in [6, 6.07) is 9.76. The Labute approximate surface area is 112 Å². The second kappa shape index (κ2) is 5.49. The third kappa shape index (κ3) is 2.71. The molecule has 0 amide bonds. The van der Waals surface area contributed by atoms with Crippen LogP contribution >= 0.6 is 0 Å². The maximum absolute atomic E-state index is 9.43. The first-order chi connectivity index (χ1) is 9.15. The molecular formula is C15H15N3O. The SMILES string of the molecule is COc1ccc(C(C#N)c2nc(C)cnc2C)cc1. The van der Waals surface area contributed by atoms with E-state index in [1.165, 1.54) is 0 Å². The number of rotatable bonds is 3. The molecule has 4 nitrogen and oxygen atoms in total. The fraction of sp³-hybridized carbons (Fsp3) is 0.267. The van der Waals surface area contributed by atoms with E-state index in [4.69, 9.17) is 4.74 Å². The summed E-state index contributed by atoms with van der Waals surface area (Å²) < 4.78 is 5.12. The van der Waals surface area contributed by atoms with Crippen molar-refractivity contribution < 1.29 is 4.74 Å². The number of benzene rings is 1. The molecule has 1 heterocycles. The molecule has 0 bridgehead atoms. The predicted octanol–water partition coefficient (Wildman–Crippen LogP) is 2.76. The van der Waals surface area contributed by atoms with Crippen LogP contribution in [0.2, 0.25) is 0 Å². The van der Waals surface area contributed by atoms with Crippen LogP contribution in [-0.2, 0) is 0 Å². The minimum atomic E-state index is -0.404. The molecule has 1 atom stereocenters. The van der Waals surface area contributed by atoms with Crippen molar-refractivity contribution in [2.75, 3.05) is 7.11 Å². The van der Waals surface area contributed by atoms with Crippen molar-refractivity contribution in [2.45, 2.75) is 19.8 Å². The predicted molar refractivity (Wildman–Crippen MR) is 72.0 cm³/mol. The van der Waals surface area contributed by atoms with E-state index in [1.807, 2.05) is 38.1 Å². The molecular weight excluding hydrogens is 238 g/mol. The Morgan fingerprint density at radius 2 is 1.89 bits per heavy atom. The molecule has 0 saturated carbocycles. The van der Waals surface area contributed by atoms with E-state index in [0.717, 1.165) is 22.7 Å². The molecule has 0 radical (unpaired) electrons. The van der Waals surface area contributed by atoms with Gasteiger partial charge in [-0.3, -0.25) is 9.97 Å². The minimum Gasteiger partial charge on any atom is -0.497 e. The van der Waals surface area contributed by atoms with E-state index in [0.29, 0.717) is 5.69 Å². The zero-order valence-corrected chi connectivity index (χ0v) is 11.2. The van der Waals surface area contributed by atoms with Gasteiger partial charge in [0.15, 0.2) is 0 Å². The highest BCUT2D eigenvalue weighted by Crippen LogP contribution is 2.26. The number of nitriles is 1. The lowest BCUT2D eigenvalue weighted by Gasteiger charge is -2.12. The van der Waals surface area contributed by atoms with Gasteiger partial charge in [-0.1, -0.05) is 12.1 Å². The van der Waals surface area contributed by atoms with Crippen molar-refractivity contribution in [1.29, 1.82) is 5.26 Å². The number of nitrogens with zero attached hydrogens (tertiary/aromatic N) is 3. The van der Waals surface area contributed by atoms with Crippen molar-refractivity contribution in [1.82, 2.24) is 9.97 Å². The molecule has 2 aromatic rings. The van der Waals surface area contributed by atoms with Gasteiger partial charge in [0, 0.05) is 6.20 Å². The molecule has 1 aromatic heterocycles. The van der Waals surface area contributed by atoms with Gasteiger partial charge in [0.05, 0.1) is 30.3 Å². The summed E-state index contributed by atoms with van der Waals surface area (Å²) >= 11 is 0. The maximum atomic E-state index is 9.43. The normalized spacial score (nSPS) is 11.7. The van der Waals surface area contributed by atoms with Crippen LogP contribution < -0.4 is 4.74 Å². The van der Waals surface area contributed by atoms with E-state index in [-0.39, 0.29) is 0 Å². The first kappa shape index (κ1) is 13.0. The molecule has 0 aliphatic rings. The number of aromatic nitrogens is 2. The van der Waals surface area contributed by atoms with Gasteiger partial charge in [-0.05, 0) is 31.5 Å². The van der Waals surface area contributed by atoms with Gasteiger partial charge >= 0.3 is 0 Å². The van der Waals surface area contributed by atoms with Gasteiger partial charge in [-0.25, -0.2) is 0 Å². The molecule has 0 saturated heterocycles. The fourth-order valence-electron chi connectivity index (χ4n) is 1.92. The fourth-order valence-corrected chi connectivity index (χ4v) is 1.92. The summed E-state index contributed by atoms with van der Waals surface area (Å²) in [6.45, 7) is 3.74. The molecule has 0 aliphatic carbocycles. The molecule has 19 heavy (non-hydrogen) atoms. The van der Waals surface area contributed by atoms with E-state index in [1.54, 1.807) is 13.3 Å². The van der Waals surface area contributed by atoms with Crippen LogP contribution in [0.3, 0.4) is 0 Å². The summed E-state index contributed by atoms with van der Waals surface area (Å²) in [5, 5.41) is 9.43. The lowest BCUT2D eigenvalue weighted by molar-refractivity contribution is 0.414. The highest BCUT2D eigenvalue weighted by atomic mass is 16.5. The smallest absolute Gasteiger partial charge is 0.118 e. The topological polar surface area (TPSA) is 58.8 Å². The Bertz CT molecular complexity index is 614. The second-order valence-corrected chi connectivity index (χ2v) is 4.32. The van der Waals surface area contributed by atoms with E-state index >= 15 is 0 Å². The van der Waals surface area contributed by atoms with Crippen molar-refractivity contribution >= 4 is 0 Å². The summed E-state index contributed by atoms with van der Waals surface area (Å²) in [5.41, 5.74) is 3.21. The van der Waals surface area contributed by atoms with Gasteiger partial charge in [0.25, 0.3) is 0 Å². The Balaban J connectivity index is 2.44. The molecule has 2 rings (SSSR count). The van der Waals surface area contributed by atoms with Crippen molar-refractivity contribution in [3.63, 3.8) is 0 Å². The van der Waals surface area contributed by atoms with Crippen LogP contribution in [-0.4, -0.2) is 17.1 Å². The zero-order valence-electron chi connectivity index (χ0n) is 11.2. The molecule has 0 spiro atoms. The minimum absolute atomic E-state index is 0.404. The summed E-state index contributed by atoms with van der Waals surface area (Å²) in [4.78, 5) is 8.72. The maximum Gasteiger partial charge on any atom is 0.118 e. The lowest BCUT2D eigenvalue weighted by atomic mass is 9.95. The Kier molecular flexibility index (Phi) is 3.76. The molecule has 4 heteroatoms. The standard InChI is InChI=1S/C15H15N3O/c1-10-9-17-11(2)15(18-10)14(8-16)12-4-6-13(19-3)7-5-12/h4-7,9,14H,1-3H3. The number of hydrogen-bond donors (Lipinski definition) is 0. The van der Waals surface area contributed by atoms with Gasteiger partial charge in [0.1, 0.15) is 11.7 Å². The van der Waals surface area contributed by atoms with Gasteiger partial charge in [-0.15, -0.1) is 0 Å².